The van der Waals surface area contributed by atoms with E-state index in [1.54, 1.807) is 0 Å². The number of piperazine rings is 1. The lowest BCUT2D eigenvalue weighted by Crippen LogP contribution is -2.44. The third-order valence-corrected chi connectivity index (χ3v) is 5.75. The number of nitrogens with zero attached hydrogens (tertiary/aromatic N) is 5. The van der Waals surface area contributed by atoms with Crippen molar-refractivity contribution < 1.29 is 0 Å². The fourth-order valence-corrected chi connectivity index (χ4v) is 3.84. The van der Waals surface area contributed by atoms with Gasteiger partial charge in [-0.3, -0.25) is 5.10 Å². The van der Waals surface area contributed by atoms with Gasteiger partial charge in [-0.15, -0.1) is 0 Å². The van der Waals surface area contributed by atoms with Gasteiger partial charge < -0.3 is 15.1 Å². The second-order valence-corrected chi connectivity index (χ2v) is 7.92. The fourth-order valence-electron chi connectivity index (χ4n) is 3.84. The van der Waals surface area contributed by atoms with Crippen molar-refractivity contribution >= 4 is 28.1 Å². The molecule has 1 aliphatic heterocycles. The van der Waals surface area contributed by atoms with E-state index in [2.05, 4.69) is 73.2 Å². The van der Waals surface area contributed by atoms with Gasteiger partial charge >= 0.3 is 0 Å². The minimum atomic E-state index is 0.764. The Balaban J connectivity index is 1.35. The van der Waals surface area contributed by atoms with Gasteiger partial charge in [0, 0.05) is 67.0 Å². The van der Waals surface area contributed by atoms with Crippen molar-refractivity contribution in [2.24, 2.45) is 0 Å². The highest BCUT2D eigenvalue weighted by molar-refractivity contribution is 5.89. The molecule has 156 valence electrons. The van der Waals surface area contributed by atoms with Crippen LogP contribution in [0.3, 0.4) is 0 Å². The molecule has 3 aromatic heterocycles. The first-order valence-corrected chi connectivity index (χ1v) is 10.4. The van der Waals surface area contributed by atoms with E-state index in [1.165, 1.54) is 0 Å². The number of aromatic nitrogens is 4. The molecule has 31 heavy (non-hydrogen) atoms. The molecule has 0 radical (unpaired) electrons. The van der Waals surface area contributed by atoms with Crippen LogP contribution < -0.4 is 10.2 Å². The molecule has 0 bridgehead atoms. The van der Waals surface area contributed by atoms with Gasteiger partial charge in [-0.2, -0.15) is 5.10 Å². The minimum Gasteiger partial charge on any atom is -0.354 e. The maximum atomic E-state index is 4.57. The van der Waals surface area contributed by atoms with Gasteiger partial charge in [0.1, 0.15) is 11.6 Å². The Morgan fingerprint density at radius 1 is 0.968 bits per heavy atom. The van der Waals surface area contributed by atoms with Crippen LogP contribution in [0, 0.1) is 0 Å². The number of hydrogen-bond acceptors (Lipinski definition) is 6. The second-order valence-electron chi connectivity index (χ2n) is 7.92. The predicted octanol–water partition coefficient (Wildman–Crippen LogP) is 3.85. The van der Waals surface area contributed by atoms with Crippen LogP contribution in [0.5, 0.6) is 0 Å². The number of H-pyrrole nitrogens is 1. The van der Waals surface area contributed by atoms with Crippen molar-refractivity contribution in [3.8, 4) is 11.1 Å². The molecule has 5 rings (SSSR count). The van der Waals surface area contributed by atoms with E-state index in [-0.39, 0.29) is 0 Å². The molecule has 1 aliphatic rings. The Kier molecular flexibility index (Phi) is 5.09. The summed E-state index contributed by atoms with van der Waals surface area (Å²) in [5.41, 5.74) is 3.99. The molecule has 2 N–H and O–H groups in total. The van der Waals surface area contributed by atoms with Gasteiger partial charge in [0.15, 0.2) is 0 Å². The van der Waals surface area contributed by atoms with Gasteiger partial charge in [-0.05, 0) is 42.3 Å². The van der Waals surface area contributed by atoms with Crippen LogP contribution in [0.25, 0.3) is 27.6 Å². The van der Waals surface area contributed by atoms with Gasteiger partial charge in [0.05, 0.1) is 6.20 Å². The Morgan fingerprint density at radius 3 is 2.65 bits per heavy atom. The summed E-state index contributed by atoms with van der Waals surface area (Å²) in [5, 5.41) is 12.5. The Labute approximate surface area is 181 Å². The number of nitrogens with one attached hydrogen (secondary N) is 2. The van der Waals surface area contributed by atoms with Gasteiger partial charge in [0.2, 0.25) is 0 Å². The summed E-state index contributed by atoms with van der Waals surface area (Å²) in [4.78, 5) is 13.8. The van der Waals surface area contributed by atoms with Crippen LogP contribution >= 0.6 is 0 Å². The number of hydrogen-bond donors (Lipinski definition) is 2. The molecule has 0 spiro atoms. The van der Waals surface area contributed by atoms with Crippen LogP contribution in [-0.2, 0) is 0 Å². The van der Waals surface area contributed by atoms with E-state index < -0.39 is 0 Å². The third kappa shape index (κ3) is 4.13. The molecule has 0 atom stereocenters. The lowest BCUT2D eigenvalue weighted by molar-refractivity contribution is 0.312. The highest BCUT2D eigenvalue weighted by Crippen LogP contribution is 2.26. The van der Waals surface area contributed by atoms with Crippen molar-refractivity contribution in [3.05, 3.63) is 73.3 Å². The highest BCUT2D eigenvalue weighted by Gasteiger charge is 2.16. The first-order chi connectivity index (χ1) is 15.2. The highest BCUT2D eigenvalue weighted by atomic mass is 15.3. The number of aromatic amines is 1. The van der Waals surface area contributed by atoms with Crippen molar-refractivity contribution in [2.45, 2.75) is 0 Å². The van der Waals surface area contributed by atoms with E-state index >= 15 is 0 Å². The van der Waals surface area contributed by atoms with Crippen LogP contribution in [-0.4, -0.2) is 58.3 Å². The Hall–Kier alpha value is -3.71. The molecule has 0 aliphatic carbocycles. The van der Waals surface area contributed by atoms with E-state index in [0.29, 0.717) is 0 Å². The van der Waals surface area contributed by atoms with Gasteiger partial charge in [-0.1, -0.05) is 18.7 Å². The number of benzene rings is 1. The summed E-state index contributed by atoms with van der Waals surface area (Å²) in [6.07, 6.45) is 7.45. The monoisotopic (exact) mass is 411 g/mol. The van der Waals surface area contributed by atoms with Crippen LogP contribution in [0.15, 0.2) is 67.8 Å². The summed E-state index contributed by atoms with van der Waals surface area (Å²) >= 11 is 0. The summed E-state index contributed by atoms with van der Waals surface area (Å²) in [5.74, 6) is 1.75. The Bertz CT molecular complexity index is 1210. The normalized spacial score (nSPS) is 14.7. The second kappa shape index (κ2) is 8.20. The van der Waals surface area contributed by atoms with E-state index in [9.17, 15) is 0 Å². The largest absolute Gasteiger partial charge is 0.354 e. The van der Waals surface area contributed by atoms with Crippen LogP contribution in [0.1, 0.15) is 5.56 Å². The van der Waals surface area contributed by atoms with Crippen molar-refractivity contribution in [3.63, 3.8) is 0 Å². The zero-order chi connectivity index (χ0) is 21.2. The number of anilines is 2. The number of fused-ring (bicyclic) bond motifs is 1. The molecule has 0 saturated carbocycles. The molecule has 0 amide bonds. The average Bonchev–Trinajstić information content (AvgIpc) is 3.34. The lowest BCUT2D eigenvalue weighted by Gasteiger charge is -2.33. The quantitative estimate of drug-likeness (QED) is 0.520. The SMILES string of the molecule is C=C(Nc1cc2cc(-c3cn[nH]c3)ccc2cn1)c1ccnc(N2CCN(C)CC2)c1. The van der Waals surface area contributed by atoms with Gasteiger partial charge in [-0.25, -0.2) is 9.97 Å². The molecule has 7 nitrogen and oxygen atoms in total. The summed E-state index contributed by atoms with van der Waals surface area (Å²) in [7, 11) is 2.15. The zero-order valence-electron chi connectivity index (χ0n) is 17.5. The van der Waals surface area contributed by atoms with Crippen LogP contribution in [0.4, 0.5) is 11.6 Å². The maximum Gasteiger partial charge on any atom is 0.130 e. The summed E-state index contributed by atoms with van der Waals surface area (Å²) < 4.78 is 0. The number of rotatable bonds is 5. The van der Waals surface area contributed by atoms with Crippen molar-refractivity contribution in [2.75, 3.05) is 43.4 Å². The first kappa shape index (κ1) is 19.3. The number of likely N-dealkylation sites (N-methyl/N-ethyl adjacent to an activating group) is 1. The summed E-state index contributed by atoms with van der Waals surface area (Å²) in [6.45, 7) is 8.30. The topological polar surface area (TPSA) is 73.0 Å². The minimum absolute atomic E-state index is 0.764. The first-order valence-electron chi connectivity index (χ1n) is 10.4. The smallest absolute Gasteiger partial charge is 0.130 e. The van der Waals surface area contributed by atoms with Gasteiger partial charge in [0.25, 0.3) is 0 Å². The number of pyridine rings is 2. The average molecular weight is 412 g/mol. The molecule has 0 unspecified atom stereocenters. The molecule has 4 heterocycles. The lowest BCUT2D eigenvalue weighted by atomic mass is 10.1. The summed E-state index contributed by atoms with van der Waals surface area (Å²) in [6, 6.07) is 12.4. The van der Waals surface area contributed by atoms with E-state index in [0.717, 1.165) is 71.0 Å². The zero-order valence-corrected chi connectivity index (χ0v) is 17.5. The van der Waals surface area contributed by atoms with E-state index in [1.807, 2.05) is 36.9 Å². The maximum absolute atomic E-state index is 4.57. The van der Waals surface area contributed by atoms with Crippen LogP contribution in [0.2, 0.25) is 0 Å². The molecule has 7 heteroatoms. The molecule has 1 fully saturated rings. The molecule has 4 aromatic rings. The fraction of sp³-hybridized carbons (Fsp3) is 0.208. The molecular formula is C24H25N7. The third-order valence-electron chi connectivity index (χ3n) is 5.75. The van der Waals surface area contributed by atoms with E-state index in [4.69, 9.17) is 0 Å². The van der Waals surface area contributed by atoms with Crippen molar-refractivity contribution in [1.29, 1.82) is 0 Å². The van der Waals surface area contributed by atoms with Crippen molar-refractivity contribution in [1.82, 2.24) is 25.1 Å². The molecular weight excluding hydrogens is 386 g/mol. The predicted molar refractivity (Wildman–Crippen MR) is 126 cm³/mol. The standard InChI is InChI=1S/C24H25N7/c1-17(18-5-6-25-24(13-18)31-9-7-30(2)8-10-31)29-23-12-21-11-19(22-15-27-28-16-22)3-4-20(21)14-26-23/h3-6,11-16H,1,7-10H2,2H3,(H,26,29)(H,27,28). The molecule has 1 aromatic carbocycles. The molecule has 1 saturated heterocycles. The Morgan fingerprint density at radius 2 is 1.84 bits per heavy atom.